The fourth-order valence-electron chi connectivity index (χ4n) is 1.52. The molecule has 0 bridgehead atoms. The minimum Gasteiger partial charge on any atom is -0.308 e. The largest absolute Gasteiger partial charge is 0.308 e. The highest BCUT2D eigenvalue weighted by atomic mass is 14.9. The van der Waals surface area contributed by atoms with E-state index in [0.29, 0.717) is 6.04 Å². The van der Waals surface area contributed by atoms with Gasteiger partial charge < -0.3 is 5.32 Å². The first kappa shape index (κ1) is 11.9. The Labute approximate surface area is 92.4 Å². The molecule has 0 aliphatic heterocycles. The molecule has 0 aromatic carbocycles. The van der Waals surface area contributed by atoms with Crippen LogP contribution in [0.1, 0.15) is 31.9 Å². The van der Waals surface area contributed by atoms with Crippen LogP contribution in [0.2, 0.25) is 0 Å². The molecular weight excluding hydrogens is 184 g/mol. The van der Waals surface area contributed by atoms with Gasteiger partial charge in [0.15, 0.2) is 0 Å². The Bertz CT molecular complexity index is 269. The number of nitrogens with one attached hydrogen (secondary N) is 1. The number of aromatic nitrogens is 1. The predicted molar refractivity (Wildman–Crippen MR) is 64.6 cm³/mol. The van der Waals surface area contributed by atoms with E-state index >= 15 is 0 Å². The fraction of sp³-hybridized carbons (Fsp3) is 0.462. The minimum absolute atomic E-state index is 0.574. The van der Waals surface area contributed by atoms with Gasteiger partial charge >= 0.3 is 0 Å². The molecule has 82 valence electrons. The van der Waals surface area contributed by atoms with Gasteiger partial charge in [-0.1, -0.05) is 19.1 Å². The molecule has 1 atom stereocenters. The van der Waals surface area contributed by atoms with Crippen LogP contribution in [0.5, 0.6) is 0 Å². The predicted octanol–water partition coefficient (Wildman–Crippen LogP) is 2.92. The molecule has 0 spiro atoms. The van der Waals surface area contributed by atoms with Gasteiger partial charge in [0, 0.05) is 18.8 Å². The van der Waals surface area contributed by atoms with Crippen molar-refractivity contribution in [3.05, 3.63) is 42.7 Å². The van der Waals surface area contributed by atoms with Gasteiger partial charge in [0.25, 0.3) is 0 Å². The summed E-state index contributed by atoms with van der Waals surface area (Å²) in [7, 11) is 0. The van der Waals surface area contributed by atoms with Crippen LogP contribution in [0.25, 0.3) is 0 Å². The molecule has 1 aromatic rings. The Morgan fingerprint density at radius 2 is 2.40 bits per heavy atom. The van der Waals surface area contributed by atoms with Crippen molar-refractivity contribution >= 4 is 0 Å². The number of nitrogens with zero attached hydrogens (tertiary/aromatic N) is 1. The summed E-state index contributed by atoms with van der Waals surface area (Å²) in [6.07, 6.45) is 7.20. The van der Waals surface area contributed by atoms with Crippen molar-refractivity contribution < 1.29 is 0 Å². The highest BCUT2D eigenvalue weighted by Gasteiger charge is 2.04. The summed E-state index contributed by atoms with van der Waals surface area (Å²) < 4.78 is 0. The molecular formula is C13H20N2. The molecule has 1 N–H and O–H groups in total. The molecule has 0 saturated heterocycles. The zero-order valence-electron chi connectivity index (χ0n) is 9.45. The zero-order chi connectivity index (χ0) is 10.9. The topological polar surface area (TPSA) is 24.9 Å². The average Bonchev–Trinajstić information content (AvgIpc) is 2.31. The lowest BCUT2D eigenvalue weighted by Crippen LogP contribution is -2.28. The quantitative estimate of drug-likeness (QED) is 0.691. The number of pyridine rings is 1. The molecule has 0 radical (unpaired) electrons. The summed E-state index contributed by atoms with van der Waals surface area (Å²) in [6.45, 7) is 6.81. The van der Waals surface area contributed by atoms with Crippen LogP contribution in [0.15, 0.2) is 37.1 Å². The molecule has 0 aliphatic rings. The lowest BCUT2D eigenvalue weighted by Gasteiger charge is -2.15. The van der Waals surface area contributed by atoms with Gasteiger partial charge in [-0.2, -0.15) is 0 Å². The number of allylic oxidation sites excluding steroid dienone is 1. The van der Waals surface area contributed by atoms with Crippen molar-refractivity contribution in [3.8, 4) is 0 Å². The van der Waals surface area contributed by atoms with Gasteiger partial charge in [-0.25, -0.2) is 0 Å². The highest BCUT2D eigenvalue weighted by molar-refractivity contribution is 5.03. The molecule has 0 saturated carbocycles. The third-order valence-electron chi connectivity index (χ3n) is 2.51. The van der Waals surface area contributed by atoms with E-state index in [4.69, 9.17) is 0 Å². The summed E-state index contributed by atoms with van der Waals surface area (Å²) in [5.41, 5.74) is 1.11. The Morgan fingerprint density at radius 3 is 3.00 bits per heavy atom. The first-order valence-electron chi connectivity index (χ1n) is 5.61. The lowest BCUT2D eigenvalue weighted by molar-refractivity contribution is 0.467. The maximum absolute atomic E-state index is 4.28. The Morgan fingerprint density at radius 1 is 1.53 bits per heavy atom. The Kier molecular flexibility index (Phi) is 5.71. The third-order valence-corrected chi connectivity index (χ3v) is 2.51. The molecule has 1 unspecified atom stereocenters. The summed E-state index contributed by atoms with van der Waals surface area (Å²) in [5, 5.41) is 3.51. The van der Waals surface area contributed by atoms with Gasteiger partial charge in [-0.15, -0.1) is 6.58 Å². The average molecular weight is 204 g/mol. The van der Waals surface area contributed by atoms with Gasteiger partial charge in [0.05, 0.1) is 5.69 Å². The number of rotatable bonds is 7. The van der Waals surface area contributed by atoms with Crippen molar-refractivity contribution in [3.63, 3.8) is 0 Å². The smallest absolute Gasteiger partial charge is 0.0541 e. The minimum atomic E-state index is 0.574. The fourth-order valence-corrected chi connectivity index (χ4v) is 1.52. The van der Waals surface area contributed by atoms with Crippen molar-refractivity contribution in [1.82, 2.24) is 10.3 Å². The van der Waals surface area contributed by atoms with Crippen molar-refractivity contribution in [2.75, 3.05) is 0 Å². The second kappa shape index (κ2) is 7.18. The summed E-state index contributed by atoms with van der Waals surface area (Å²) in [6, 6.07) is 6.59. The molecule has 1 rings (SSSR count). The number of hydrogen-bond acceptors (Lipinski definition) is 2. The van der Waals surface area contributed by atoms with E-state index in [0.717, 1.165) is 31.5 Å². The van der Waals surface area contributed by atoms with Crippen LogP contribution < -0.4 is 5.32 Å². The molecule has 0 fully saturated rings. The maximum atomic E-state index is 4.28. The molecule has 1 heterocycles. The summed E-state index contributed by atoms with van der Waals surface area (Å²) in [5.74, 6) is 0. The van der Waals surface area contributed by atoms with Crippen LogP contribution in [0.4, 0.5) is 0 Å². The van der Waals surface area contributed by atoms with Crippen molar-refractivity contribution in [2.45, 2.75) is 38.8 Å². The van der Waals surface area contributed by atoms with Crippen molar-refractivity contribution in [1.29, 1.82) is 0 Å². The van der Waals surface area contributed by atoms with E-state index in [1.807, 2.05) is 30.5 Å². The van der Waals surface area contributed by atoms with Crippen LogP contribution >= 0.6 is 0 Å². The zero-order valence-corrected chi connectivity index (χ0v) is 9.45. The van der Waals surface area contributed by atoms with Gasteiger partial charge in [0.1, 0.15) is 0 Å². The summed E-state index contributed by atoms with van der Waals surface area (Å²) >= 11 is 0. The second-order valence-corrected chi connectivity index (χ2v) is 3.67. The number of hydrogen-bond donors (Lipinski definition) is 1. The molecule has 0 amide bonds. The first-order chi connectivity index (χ1) is 7.36. The molecule has 2 nitrogen and oxygen atoms in total. The van der Waals surface area contributed by atoms with E-state index in [1.54, 1.807) is 0 Å². The molecule has 2 heteroatoms. The van der Waals surface area contributed by atoms with E-state index < -0.39 is 0 Å². The maximum Gasteiger partial charge on any atom is 0.0541 e. The van der Waals surface area contributed by atoms with Gasteiger partial charge in [-0.05, 0) is 31.4 Å². The lowest BCUT2D eigenvalue weighted by atomic mass is 10.1. The monoisotopic (exact) mass is 204 g/mol. The van der Waals surface area contributed by atoms with Crippen molar-refractivity contribution in [2.24, 2.45) is 0 Å². The summed E-state index contributed by atoms with van der Waals surface area (Å²) in [4.78, 5) is 4.28. The van der Waals surface area contributed by atoms with E-state index in [2.05, 4.69) is 23.8 Å². The van der Waals surface area contributed by atoms with Gasteiger partial charge in [-0.3, -0.25) is 4.98 Å². The Hall–Kier alpha value is -1.15. The van der Waals surface area contributed by atoms with E-state index in [9.17, 15) is 0 Å². The van der Waals surface area contributed by atoms with Gasteiger partial charge in [0.2, 0.25) is 0 Å². The Balaban J connectivity index is 2.31. The van der Waals surface area contributed by atoms with Crippen LogP contribution in [0, 0.1) is 0 Å². The van der Waals surface area contributed by atoms with Crippen LogP contribution in [-0.4, -0.2) is 11.0 Å². The van der Waals surface area contributed by atoms with Crippen LogP contribution in [-0.2, 0) is 6.54 Å². The second-order valence-electron chi connectivity index (χ2n) is 3.67. The van der Waals surface area contributed by atoms with E-state index in [1.165, 1.54) is 0 Å². The third kappa shape index (κ3) is 4.75. The SMILES string of the molecule is C=CCCC(CC)NCc1ccccn1. The van der Waals surface area contributed by atoms with E-state index in [-0.39, 0.29) is 0 Å². The van der Waals surface area contributed by atoms with Crippen LogP contribution in [0.3, 0.4) is 0 Å². The standard InChI is InChI=1S/C13H20N2/c1-3-5-8-12(4-2)15-11-13-9-6-7-10-14-13/h3,6-7,9-10,12,15H,1,4-5,8,11H2,2H3. The molecule has 1 aromatic heterocycles. The molecule has 0 aliphatic carbocycles. The highest BCUT2D eigenvalue weighted by Crippen LogP contribution is 2.03. The molecule has 15 heavy (non-hydrogen) atoms. The normalized spacial score (nSPS) is 12.3. The first-order valence-corrected chi connectivity index (χ1v) is 5.61.